The normalized spacial score (nSPS) is 18.1. The second kappa shape index (κ2) is 7.42. The zero-order chi connectivity index (χ0) is 16.1. The minimum Gasteiger partial charge on any atom is -0.496 e. The van der Waals surface area contributed by atoms with Crippen LogP contribution < -0.4 is 10.1 Å². The Morgan fingerprint density at radius 2 is 2.09 bits per heavy atom. The summed E-state index contributed by atoms with van der Waals surface area (Å²) in [5.74, 6) is 1.64. The van der Waals surface area contributed by atoms with Gasteiger partial charge in [-0.1, -0.05) is 19.1 Å². The predicted octanol–water partition coefficient (Wildman–Crippen LogP) is 3.05. The number of nitrogens with zero attached hydrogens (tertiary/aromatic N) is 3. The Morgan fingerprint density at radius 3 is 2.83 bits per heavy atom. The van der Waals surface area contributed by atoms with E-state index in [1.807, 2.05) is 36.4 Å². The van der Waals surface area contributed by atoms with E-state index in [2.05, 4.69) is 27.3 Å². The zero-order valence-electron chi connectivity index (χ0n) is 13.8. The lowest BCUT2D eigenvalue weighted by Gasteiger charge is -2.22. The second-order valence-corrected chi connectivity index (χ2v) is 5.81. The molecule has 1 aliphatic rings. The standard InChI is InChI=1S/C18H24N4O/c1-3-22-12-6-7-14(22)13-19-18-11-10-16(20-21-18)15-8-4-5-9-17(15)23-2/h4-5,8-11,14H,3,6-7,12-13H2,1-2H3,(H,19,21). The van der Waals surface area contributed by atoms with E-state index in [1.165, 1.54) is 19.4 Å². The SMILES string of the molecule is CCN1CCCC1CNc1ccc(-c2ccccc2OC)nn1. The van der Waals surface area contributed by atoms with Gasteiger partial charge < -0.3 is 10.1 Å². The van der Waals surface area contributed by atoms with Crippen LogP contribution in [0.15, 0.2) is 36.4 Å². The number of para-hydroxylation sites is 1. The minimum absolute atomic E-state index is 0.607. The van der Waals surface area contributed by atoms with Crippen molar-refractivity contribution in [2.24, 2.45) is 0 Å². The van der Waals surface area contributed by atoms with Gasteiger partial charge in [-0.15, -0.1) is 10.2 Å². The van der Waals surface area contributed by atoms with E-state index in [-0.39, 0.29) is 0 Å². The number of hydrogen-bond acceptors (Lipinski definition) is 5. The number of methoxy groups -OCH3 is 1. The molecule has 0 saturated carbocycles. The van der Waals surface area contributed by atoms with Crippen LogP contribution in [-0.2, 0) is 0 Å². The highest BCUT2D eigenvalue weighted by Crippen LogP contribution is 2.27. The molecule has 0 radical (unpaired) electrons. The third kappa shape index (κ3) is 3.62. The molecule has 0 spiro atoms. The van der Waals surface area contributed by atoms with Crippen molar-refractivity contribution in [1.82, 2.24) is 15.1 Å². The third-order valence-corrected chi connectivity index (χ3v) is 4.47. The number of benzene rings is 1. The molecule has 5 heteroatoms. The molecule has 0 bridgehead atoms. The van der Waals surface area contributed by atoms with Crippen molar-refractivity contribution >= 4 is 5.82 Å². The fourth-order valence-corrected chi connectivity index (χ4v) is 3.19. The molecule has 1 atom stereocenters. The Kier molecular flexibility index (Phi) is 5.08. The van der Waals surface area contributed by atoms with Crippen molar-refractivity contribution in [3.05, 3.63) is 36.4 Å². The molecular weight excluding hydrogens is 288 g/mol. The van der Waals surface area contributed by atoms with Gasteiger partial charge in [0.2, 0.25) is 0 Å². The van der Waals surface area contributed by atoms with Gasteiger partial charge in [0.15, 0.2) is 0 Å². The van der Waals surface area contributed by atoms with Crippen molar-refractivity contribution in [3.8, 4) is 17.0 Å². The van der Waals surface area contributed by atoms with Crippen molar-refractivity contribution in [1.29, 1.82) is 0 Å². The highest BCUT2D eigenvalue weighted by atomic mass is 16.5. The Hall–Kier alpha value is -2.14. The van der Waals surface area contributed by atoms with Crippen LogP contribution in [0.3, 0.4) is 0 Å². The number of hydrogen-bond donors (Lipinski definition) is 1. The van der Waals surface area contributed by atoms with E-state index in [4.69, 9.17) is 4.74 Å². The summed E-state index contributed by atoms with van der Waals surface area (Å²) >= 11 is 0. The molecule has 0 amide bonds. The lowest BCUT2D eigenvalue weighted by molar-refractivity contribution is 0.277. The largest absolute Gasteiger partial charge is 0.496 e. The van der Waals surface area contributed by atoms with Crippen molar-refractivity contribution in [3.63, 3.8) is 0 Å². The van der Waals surface area contributed by atoms with Gasteiger partial charge in [0.25, 0.3) is 0 Å². The number of likely N-dealkylation sites (tertiary alicyclic amines) is 1. The van der Waals surface area contributed by atoms with Crippen molar-refractivity contribution in [2.75, 3.05) is 32.1 Å². The van der Waals surface area contributed by atoms with Crippen LogP contribution in [0, 0.1) is 0 Å². The van der Waals surface area contributed by atoms with Gasteiger partial charge in [-0.2, -0.15) is 0 Å². The van der Waals surface area contributed by atoms with Crippen LogP contribution >= 0.6 is 0 Å². The molecule has 1 N–H and O–H groups in total. The fraction of sp³-hybridized carbons (Fsp3) is 0.444. The molecule has 1 aromatic carbocycles. The average Bonchev–Trinajstić information content (AvgIpc) is 3.08. The summed E-state index contributed by atoms with van der Waals surface area (Å²) in [6, 6.07) is 12.4. The summed E-state index contributed by atoms with van der Waals surface area (Å²) in [5, 5.41) is 12.1. The summed E-state index contributed by atoms with van der Waals surface area (Å²) in [4.78, 5) is 2.52. The van der Waals surface area contributed by atoms with Crippen LogP contribution in [-0.4, -0.2) is 47.9 Å². The maximum Gasteiger partial charge on any atom is 0.148 e. The van der Waals surface area contributed by atoms with Gasteiger partial charge in [-0.05, 0) is 50.2 Å². The molecule has 23 heavy (non-hydrogen) atoms. The number of aromatic nitrogens is 2. The van der Waals surface area contributed by atoms with Gasteiger partial charge in [-0.3, -0.25) is 4.90 Å². The second-order valence-electron chi connectivity index (χ2n) is 5.81. The molecular formula is C18H24N4O. The van der Waals surface area contributed by atoms with E-state index in [1.54, 1.807) is 7.11 Å². The molecule has 1 aromatic heterocycles. The van der Waals surface area contributed by atoms with E-state index in [9.17, 15) is 0 Å². The molecule has 1 fully saturated rings. The monoisotopic (exact) mass is 312 g/mol. The average molecular weight is 312 g/mol. The van der Waals surface area contributed by atoms with Crippen LogP contribution in [0.2, 0.25) is 0 Å². The minimum atomic E-state index is 0.607. The summed E-state index contributed by atoms with van der Waals surface area (Å²) in [7, 11) is 1.67. The molecule has 3 rings (SSSR count). The van der Waals surface area contributed by atoms with Gasteiger partial charge in [-0.25, -0.2) is 0 Å². The first-order valence-electron chi connectivity index (χ1n) is 8.27. The summed E-state index contributed by atoms with van der Waals surface area (Å²) in [6.07, 6.45) is 2.55. The molecule has 2 heterocycles. The van der Waals surface area contributed by atoms with Crippen LogP contribution in [0.4, 0.5) is 5.82 Å². The molecule has 1 unspecified atom stereocenters. The van der Waals surface area contributed by atoms with Gasteiger partial charge in [0.1, 0.15) is 11.6 Å². The Labute approximate surface area is 137 Å². The molecule has 1 aliphatic heterocycles. The van der Waals surface area contributed by atoms with E-state index in [0.29, 0.717) is 6.04 Å². The maximum atomic E-state index is 5.38. The van der Waals surface area contributed by atoms with E-state index in [0.717, 1.165) is 35.9 Å². The smallest absolute Gasteiger partial charge is 0.148 e. The first kappa shape index (κ1) is 15.7. The first-order chi connectivity index (χ1) is 11.3. The Bertz CT molecular complexity index is 629. The van der Waals surface area contributed by atoms with Gasteiger partial charge >= 0.3 is 0 Å². The summed E-state index contributed by atoms with van der Waals surface area (Å²) in [6.45, 7) is 5.47. The molecule has 122 valence electrons. The number of likely N-dealkylation sites (N-methyl/N-ethyl adjacent to an activating group) is 1. The van der Waals surface area contributed by atoms with E-state index < -0.39 is 0 Å². The summed E-state index contributed by atoms with van der Waals surface area (Å²) in [5.41, 5.74) is 1.78. The topological polar surface area (TPSA) is 50.3 Å². The Morgan fingerprint density at radius 1 is 1.22 bits per heavy atom. The molecule has 1 saturated heterocycles. The molecule has 5 nitrogen and oxygen atoms in total. The first-order valence-corrected chi connectivity index (χ1v) is 8.27. The Balaban J connectivity index is 1.65. The van der Waals surface area contributed by atoms with Crippen LogP contribution in [0.1, 0.15) is 19.8 Å². The van der Waals surface area contributed by atoms with E-state index >= 15 is 0 Å². The van der Waals surface area contributed by atoms with Crippen LogP contribution in [0.25, 0.3) is 11.3 Å². The number of rotatable bonds is 6. The highest BCUT2D eigenvalue weighted by molar-refractivity contribution is 5.67. The fourth-order valence-electron chi connectivity index (χ4n) is 3.19. The maximum absolute atomic E-state index is 5.38. The van der Waals surface area contributed by atoms with Crippen LogP contribution in [0.5, 0.6) is 5.75 Å². The molecule has 2 aromatic rings. The number of ether oxygens (including phenoxy) is 1. The third-order valence-electron chi connectivity index (χ3n) is 4.47. The molecule has 0 aliphatic carbocycles. The zero-order valence-corrected chi connectivity index (χ0v) is 13.8. The highest BCUT2D eigenvalue weighted by Gasteiger charge is 2.22. The van der Waals surface area contributed by atoms with Crippen molar-refractivity contribution < 1.29 is 4.74 Å². The van der Waals surface area contributed by atoms with Crippen molar-refractivity contribution in [2.45, 2.75) is 25.8 Å². The summed E-state index contributed by atoms with van der Waals surface area (Å²) < 4.78 is 5.38. The predicted molar refractivity (Wildman–Crippen MR) is 92.8 cm³/mol. The quantitative estimate of drug-likeness (QED) is 0.888. The lowest BCUT2D eigenvalue weighted by atomic mass is 10.1. The number of anilines is 1. The lowest BCUT2D eigenvalue weighted by Crippen LogP contribution is -2.34. The number of nitrogens with one attached hydrogen (secondary N) is 1. The van der Waals surface area contributed by atoms with Gasteiger partial charge in [0.05, 0.1) is 12.8 Å². The van der Waals surface area contributed by atoms with Gasteiger partial charge in [0, 0.05) is 18.2 Å².